The van der Waals surface area contributed by atoms with Gasteiger partial charge in [0.2, 0.25) is 0 Å². The highest BCUT2D eigenvalue weighted by atomic mass is 32.1. The fourth-order valence-electron chi connectivity index (χ4n) is 3.52. The molecule has 174 valence electrons. The van der Waals surface area contributed by atoms with Gasteiger partial charge in [-0.1, -0.05) is 6.07 Å². The van der Waals surface area contributed by atoms with E-state index in [-0.39, 0.29) is 18.2 Å². The quantitative estimate of drug-likeness (QED) is 0.450. The zero-order chi connectivity index (χ0) is 23.0. The van der Waals surface area contributed by atoms with E-state index in [9.17, 15) is 9.59 Å². The van der Waals surface area contributed by atoms with Crippen LogP contribution in [0.15, 0.2) is 45.9 Å². The van der Waals surface area contributed by atoms with Crippen molar-refractivity contribution in [1.29, 1.82) is 0 Å². The molecule has 0 aromatic carbocycles. The first-order valence-corrected chi connectivity index (χ1v) is 12.6. The number of pyridine rings is 1. The Morgan fingerprint density at radius 2 is 2.00 bits per heavy atom. The van der Waals surface area contributed by atoms with Crippen LogP contribution in [0.25, 0.3) is 0 Å². The summed E-state index contributed by atoms with van der Waals surface area (Å²) in [5, 5.41) is 10.5. The molecule has 1 saturated heterocycles. The number of Topliss-reactive ketones (excluding diaryl/α,β-unsaturated/α-hetero) is 1. The summed E-state index contributed by atoms with van der Waals surface area (Å²) in [6.07, 6.45) is 1.90. The van der Waals surface area contributed by atoms with Crippen molar-refractivity contribution in [3.8, 4) is 0 Å². The van der Waals surface area contributed by atoms with Crippen molar-refractivity contribution in [2.75, 3.05) is 50.4 Å². The average Bonchev–Trinajstić information content (AvgIpc) is 3.49. The molecule has 0 aliphatic carbocycles. The largest absolute Gasteiger partial charge is 0.398 e. The number of rotatable bonds is 9. The summed E-state index contributed by atoms with van der Waals surface area (Å²) in [6.45, 7) is 4.93. The van der Waals surface area contributed by atoms with E-state index in [0.29, 0.717) is 24.5 Å². The Hall–Kier alpha value is -2.79. The minimum absolute atomic E-state index is 0.0778. The molecule has 3 aromatic heterocycles. The molecule has 8 nitrogen and oxygen atoms in total. The number of urea groups is 1. The summed E-state index contributed by atoms with van der Waals surface area (Å²) in [7, 11) is 0. The van der Waals surface area contributed by atoms with Gasteiger partial charge in [-0.15, -0.1) is 11.3 Å². The number of aromatic nitrogens is 1. The molecule has 4 heterocycles. The average molecular weight is 486 g/mol. The van der Waals surface area contributed by atoms with Crippen molar-refractivity contribution in [3.05, 3.63) is 62.7 Å². The summed E-state index contributed by atoms with van der Waals surface area (Å²) < 4.78 is 5.41. The van der Waals surface area contributed by atoms with Crippen LogP contribution in [0.4, 0.5) is 16.2 Å². The highest BCUT2D eigenvalue weighted by Gasteiger charge is 2.18. The Bertz CT molecular complexity index is 1050. The minimum Gasteiger partial charge on any atom is -0.398 e. The van der Waals surface area contributed by atoms with Crippen molar-refractivity contribution in [2.24, 2.45) is 0 Å². The van der Waals surface area contributed by atoms with Gasteiger partial charge in [-0.3, -0.25) is 14.7 Å². The lowest BCUT2D eigenvalue weighted by atomic mass is 10.1. The maximum Gasteiger partial charge on any atom is 0.322 e. The molecule has 4 rings (SSSR count). The number of carbonyl (C=O) groups is 2. The number of nitrogens with two attached hydrogens (primary N) is 1. The van der Waals surface area contributed by atoms with Gasteiger partial charge in [0.25, 0.3) is 0 Å². The summed E-state index contributed by atoms with van der Waals surface area (Å²) >= 11 is 3.02. The molecule has 2 amide bonds. The molecule has 0 spiro atoms. The van der Waals surface area contributed by atoms with Crippen LogP contribution in [0.2, 0.25) is 0 Å². The van der Waals surface area contributed by atoms with Gasteiger partial charge in [-0.2, -0.15) is 11.3 Å². The van der Waals surface area contributed by atoms with Crippen LogP contribution in [-0.2, 0) is 17.7 Å². The van der Waals surface area contributed by atoms with Gasteiger partial charge in [0, 0.05) is 61.8 Å². The van der Waals surface area contributed by atoms with Crippen molar-refractivity contribution in [1.82, 2.24) is 14.8 Å². The fourth-order valence-corrected chi connectivity index (χ4v) is 4.86. The van der Waals surface area contributed by atoms with Gasteiger partial charge in [0.15, 0.2) is 5.78 Å². The Morgan fingerprint density at radius 3 is 2.67 bits per heavy atom. The number of amides is 2. The van der Waals surface area contributed by atoms with E-state index in [1.807, 2.05) is 33.7 Å². The number of ketones is 1. The van der Waals surface area contributed by atoms with E-state index in [0.717, 1.165) is 49.7 Å². The third-order valence-electron chi connectivity index (χ3n) is 5.46. The summed E-state index contributed by atoms with van der Waals surface area (Å²) in [5.74, 6) is -0.0778. The number of thiophene rings is 2. The monoisotopic (exact) mass is 485 g/mol. The van der Waals surface area contributed by atoms with Gasteiger partial charge in [-0.05, 0) is 34.0 Å². The second-order valence-electron chi connectivity index (χ2n) is 7.82. The third-order valence-corrected chi connectivity index (χ3v) is 6.95. The van der Waals surface area contributed by atoms with Gasteiger partial charge in [0.1, 0.15) is 5.69 Å². The number of nitrogens with one attached hydrogen (secondary N) is 1. The van der Waals surface area contributed by atoms with Gasteiger partial charge in [0.05, 0.1) is 18.9 Å². The van der Waals surface area contributed by atoms with E-state index in [4.69, 9.17) is 10.5 Å². The number of carbonyl (C=O) groups excluding carboxylic acids is 2. The molecule has 10 heteroatoms. The third kappa shape index (κ3) is 6.61. The van der Waals surface area contributed by atoms with Gasteiger partial charge >= 0.3 is 6.03 Å². The number of ether oxygens (including phenoxy) is 1. The van der Waals surface area contributed by atoms with Crippen LogP contribution < -0.4 is 11.1 Å². The second kappa shape index (κ2) is 11.4. The number of nitrogen functional groups attached to an aromatic ring is 1. The van der Waals surface area contributed by atoms with E-state index in [2.05, 4.69) is 15.2 Å². The predicted molar refractivity (Wildman–Crippen MR) is 132 cm³/mol. The zero-order valence-electron chi connectivity index (χ0n) is 18.2. The van der Waals surface area contributed by atoms with Crippen molar-refractivity contribution < 1.29 is 14.3 Å². The van der Waals surface area contributed by atoms with Crippen LogP contribution >= 0.6 is 22.7 Å². The maximum atomic E-state index is 13.0. The Labute approximate surface area is 201 Å². The lowest BCUT2D eigenvalue weighted by molar-refractivity contribution is 0.0349. The minimum atomic E-state index is -0.158. The van der Waals surface area contributed by atoms with Crippen LogP contribution in [0.1, 0.15) is 21.6 Å². The van der Waals surface area contributed by atoms with E-state index < -0.39 is 0 Å². The molecule has 1 aliphatic rings. The van der Waals surface area contributed by atoms with Crippen LogP contribution in [-0.4, -0.2) is 66.0 Å². The lowest BCUT2D eigenvalue weighted by Gasteiger charge is -2.30. The topological polar surface area (TPSA) is 101 Å². The standard InChI is InChI=1S/C23H27N5O3S2/c24-20-16-33-14-18(20)11-22(29)21-2-1-17(12-25-21)13-28(5-4-27-6-8-31-9-7-27)23(30)26-19-3-10-32-15-19/h1-3,10,12,14-16H,4-9,11,13,24H2,(H,26,30). The first kappa shape index (κ1) is 23.4. The summed E-state index contributed by atoms with van der Waals surface area (Å²) in [4.78, 5) is 33.9. The Morgan fingerprint density at radius 1 is 1.15 bits per heavy atom. The number of nitrogens with zero attached hydrogens (tertiary/aromatic N) is 3. The number of hydrogen-bond acceptors (Lipinski definition) is 8. The Balaban J connectivity index is 1.39. The maximum absolute atomic E-state index is 13.0. The normalized spacial score (nSPS) is 14.2. The van der Waals surface area contributed by atoms with Crippen LogP contribution in [0, 0.1) is 0 Å². The van der Waals surface area contributed by atoms with E-state index in [1.165, 1.54) is 22.7 Å². The van der Waals surface area contributed by atoms with Crippen molar-refractivity contribution in [2.45, 2.75) is 13.0 Å². The molecule has 3 N–H and O–H groups in total. The molecule has 33 heavy (non-hydrogen) atoms. The molecule has 0 unspecified atom stereocenters. The highest BCUT2D eigenvalue weighted by molar-refractivity contribution is 7.08. The number of anilines is 2. The lowest BCUT2D eigenvalue weighted by Crippen LogP contribution is -2.44. The van der Waals surface area contributed by atoms with Crippen molar-refractivity contribution in [3.63, 3.8) is 0 Å². The first-order valence-electron chi connectivity index (χ1n) is 10.8. The first-order chi connectivity index (χ1) is 16.1. The van der Waals surface area contributed by atoms with Crippen LogP contribution in [0.5, 0.6) is 0 Å². The molecule has 0 atom stereocenters. The number of hydrogen-bond donors (Lipinski definition) is 2. The predicted octanol–water partition coefficient (Wildman–Crippen LogP) is 3.58. The smallest absolute Gasteiger partial charge is 0.322 e. The Kier molecular flexibility index (Phi) is 8.05. The van der Waals surface area contributed by atoms with E-state index in [1.54, 1.807) is 17.2 Å². The zero-order valence-corrected chi connectivity index (χ0v) is 19.9. The van der Waals surface area contributed by atoms with Crippen LogP contribution in [0.3, 0.4) is 0 Å². The highest BCUT2D eigenvalue weighted by Crippen LogP contribution is 2.19. The number of morpholine rings is 1. The second-order valence-corrected chi connectivity index (χ2v) is 9.35. The van der Waals surface area contributed by atoms with Gasteiger partial charge in [-0.25, -0.2) is 4.79 Å². The molecule has 3 aromatic rings. The molecular weight excluding hydrogens is 458 g/mol. The SMILES string of the molecule is Nc1cscc1CC(=O)c1ccc(CN(CCN2CCOCC2)C(=O)Nc2ccsc2)cn1. The van der Waals surface area contributed by atoms with E-state index >= 15 is 0 Å². The van der Waals surface area contributed by atoms with Gasteiger partial charge < -0.3 is 20.7 Å². The summed E-state index contributed by atoms with van der Waals surface area (Å²) in [5.41, 5.74) is 9.40. The molecule has 1 fully saturated rings. The summed E-state index contributed by atoms with van der Waals surface area (Å²) in [6, 6.07) is 5.30. The molecule has 1 aliphatic heterocycles. The molecule has 0 saturated carbocycles. The molecule has 0 bridgehead atoms. The van der Waals surface area contributed by atoms with Crippen molar-refractivity contribution >= 4 is 45.9 Å². The fraction of sp³-hybridized carbons (Fsp3) is 0.348. The molecular formula is C23H27N5O3S2. The molecule has 0 radical (unpaired) electrons.